The van der Waals surface area contributed by atoms with E-state index in [0.29, 0.717) is 0 Å². The molecular formula is C13H21FN2. The van der Waals surface area contributed by atoms with Crippen molar-refractivity contribution in [2.24, 2.45) is 0 Å². The smallest absolute Gasteiger partial charge is 0.123 e. The van der Waals surface area contributed by atoms with Gasteiger partial charge in [-0.25, -0.2) is 4.39 Å². The topological polar surface area (TPSA) is 15.3 Å². The lowest BCUT2D eigenvalue weighted by atomic mass is 10.1. The van der Waals surface area contributed by atoms with Gasteiger partial charge in [-0.05, 0) is 58.2 Å². The maximum absolute atomic E-state index is 13.1. The first kappa shape index (κ1) is 13.1. The van der Waals surface area contributed by atoms with Crippen molar-refractivity contribution in [2.75, 3.05) is 27.2 Å². The minimum atomic E-state index is -0.159. The molecule has 0 saturated heterocycles. The van der Waals surface area contributed by atoms with Crippen LogP contribution in [0.5, 0.6) is 0 Å². The van der Waals surface area contributed by atoms with Crippen LogP contribution >= 0.6 is 0 Å². The molecule has 0 aromatic heterocycles. The molecule has 0 saturated carbocycles. The highest BCUT2D eigenvalue weighted by atomic mass is 19.1. The Bertz CT molecular complexity index is 315. The van der Waals surface area contributed by atoms with E-state index in [4.69, 9.17) is 0 Å². The summed E-state index contributed by atoms with van der Waals surface area (Å²) in [7, 11) is 4.03. The van der Waals surface area contributed by atoms with Crippen molar-refractivity contribution >= 4 is 0 Å². The van der Waals surface area contributed by atoms with Crippen LogP contribution in [0.4, 0.5) is 4.39 Å². The van der Waals surface area contributed by atoms with Gasteiger partial charge in [0.05, 0.1) is 0 Å². The van der Waals surface area contributed by atoms with Gasteiger partial charge in [0, 0.05) is 6.04 Å². The molecule has 1 atom stereocenters. The first-order valence-electron chi connectivity index (χ1n) is 5.75. The number of hydrogen-bond acceptors (Lipinski definition) is 2. The predicted octanol–water partition coefficient (Wildman–Crippen LogP) is 2.43. The molecule has 0 bridgehead atoms. The van der Waals surface area contributed by atoms with Gasteiger partial charge in [-0.15, -0.1) is 0 Å². The summed E-state index contributed by atoms with van der Waals surface area (Å²) in [5.41, 5.74) is 1.03. The Kier molecular flexibility index (Phi) is 5.43. The first-order valence-corrected chi connectivity index (χ1v) is 5.75. The summed E-state index contributed by atoms with van der Waals surface area (Å²) in [5, 5.41) is 3.12. The minimum Gasteiger partial charge on any atom is -0.320 e. The Hall–Kier alpha value is -0.930. The Labute approximate surface area is 97.5 Å². The molecule has 1 N–H and O–H groups in total. The van der Waals surface area contributed by atoms with Crippen molar-refractivity contribution in [1.29, 1.82) is 0 Å². The van der Waals surface area contributed by atoms with E-state index in [0.717, 1.165) is 25.1 Å². The predicted molar refractivity (Wildman–Crippen MR) is 66.0 cm³/mol. The van der Waals surface area contributed by atoms with Crippen LogP contribution in [0.1, 0.15) is 24.9 Å². The highest BCUT2D eigenvalue weighted by Gasteiger charge is 2.11. The van der Waals surface area contributed by atoms with Crippen LogP contribution in [-0.2, 0) is 0 Å². The van der Waals surface area contributed by atoms with E-state index in [9.17, 15) is 4.39 Å². The number of rotatable bonds is 6. The van der Waals surface area contributed by atoms with Crippen LogP contribution in [0.3, 0.4) is 0 Å². The average Bonchev–Trinajstić information content (AvgIpc) is 2.28. The van der Waals surface area contributed by atoms with E-state index in [-0.39, 0.29) is 11.9 Å². The van der Waals surface area contributed by atoms with Crippen molar-refractivity contribution < 1.29 is 4.39 Å². The molecule has 0 spiro atoms. The van der Waals surface area contributed by atoms with Gasteiger partial charge in [0.1, 0.15) is 5.82 Å². The molecule has 2 nitrogen and oxygen atoms in total. The monoisotopic (exact) mass is 224 g/mol. The zero-order valence-corrected chi connectivity index (χ0v) is 10.3. The molecule has 0 fully saturated rings. The second-order valence-corrected chi connectivity index (χ2v) is 4.17. The normalized spacial score (nSPS) is 13.1. The molecule has 0 amide bonds. The molecule has 0 radical (unpaired) electrons. The third-order valence-corrected chi connectivity index (χ3v) is 2.93. The average molecular weight is 224 g/mol. The minimum absolute atomic E-state index is 0.159. The SMILES string of the molecule is CNCCCN(C)C(C)c1cccc(F)c1. The molecule has 90 valence electrons. The third-order valence-electron chi connectivity index (χ3n) is 2.93. The lowest BCUT2D eigenvalue weighted by Crippen LogP contribution is -2.25. The second-order valence-electron chi connectivity index (χ2n) is 4.17. The van der Waals surface area contributed by atoms with Crippen LogP contribution in [0.25, 0.3) is 0 Å². The van der Waals surface area contributed by atoms with Crippen molar-refractivity contribution in [3.05, 3.63) is 35.6 Å². The summed E-state index contributed by atoms with van der Waals surface area (Å²) in [4.78, 5) is 2.24. The first-order chi connectivity index (χ1) is 7.65. The highest BCUT2D eigenvalue weighted by molar-refractivity contribution is 5.19. The highest BCUT2D eigenvalue weighted by Crippen LogP contribution is 2.19. The quantitative estimate of drug-likeness (QED) is 0.747. The van der Waals surface area contributed by atoms with Crippen molar-refractivity contribution in [3.8, 4) is 0 Å². The van der Waals surface area contributed by atoms with Crippen LogP contribution < -0.4 is 5.32 Å². The number of nitrogens with zero attached hydrogens (tertiary/aromatic N) is 1. The fraction of sp³-hybridized carbons (Fsp3) is 0.538. The van der Waals surface area contributed by atoms with Crippen LogP contribution in [0.15, 0.2) is 24.3 Å². The van der Waals surface area contributed by atoms with Gasteiger partial charge < -0.3 is 5.32 Å². The molecule has 1 rings (SSSR count). The summed E-state index contributed by atoms with van der Waals surface area (Å²) in [6, 6.07) is 7.09. The lowest BCUT2D eigenvalue weighted by Gasteiger charge is -2.25. The maximum atomic E-state index is 13.1. The Morgan fingerprint density at radius 2 is 2.19 bits per heavy atom. The summed E-state index contributed by atoms with van der Waals surface area (Å²) >= 11 is 0. The zero-order valence-electron chi connectivity index (χ0n) is 10.3. The third kappa shape index (κ3) is 3.91. The van der Waals surface area contributed by atoms with Gasteiger partial charge >= 0.3 is 0 Å². The van der Waals surface area contributed by atoms with Crippen molar-refractivity contribution in [1.82, 2.24) is 10.2 Å². The van der Waals surface area contributed by atoms with E-state index >= 15 is 0 Å². The molecule has 0 aliphatic rings. The Morgan fingerprint density at radius 3 is 2.81 bits per heavy atom. The standard InChI is InChI=1S/C13H21FN2/c1-11(16(3)9-5-8-15-2)12-6-4-7-13(14)10-12/h4,6-7,10-11,15H,5,8-9H2,1-3H3. The fourth-order valence-corrected chi connectivity index (χ4v) is 1.72. The summed E-state index contributed by atoms with van der Waals surface area (Å²) in [6.07, 6.45) is 1.10. The molecule has 3 heteroatoms. The Morgan fingerprint density at radius 1 is 1.44 bits per heavy atom. The lowest BCUT2D eigenvalue weighted by molar-refractivity contribution is 0.257. The fourth-order valence-electron chi connectivity index (χ4n) is 1.72. The number of halogens is 1. The van der Waals surface area contributed by atoms with Crippen LogP contribution in [-0.4, -0.2) is 32.1 Å². The Balaban J connectivity index is 2.52. The molecule has 16 heavy (non-hydrogen) atoms. The maximum Gasteiger partial charge on any atom is 0.123 e. The number of nitrogens with one attached hydrogen (secondary N) is 1. The van der Waals surface area contributed by atoms with Gasteiger partial charge in [0.25, 0.3) is 0 Å². The summed E-state index contributed by atoms with van der Waals surface area (Å²) in [6.45, 7) is 4.13. The van der Waals surface area contributed by atoms with E-state index in [1.165, 1.54) is 6.07 Å². The molecule has 1 unspecified atom stereocenters. The summed E-state index contributed by atoms with van der Waals surface area (Å²) in [5.74, 6) is -0.159. The van der Waals surface area contributed by atoms with Gasteiger partial charge in [-0.2, -0.15) is 0 Å². The molecular weight excluding hydrogens is 203 g/mol. The zero-order chi connectivity index (χ0) is 12.0. The van der Waals surface area contributed by atoms with E-state index < -0.39 is 0 Å². The summed E-state index contributed by atoms with van der Waals surface area (Å²) < 4.78 is 13.1. The van der Waals surface area contributed by atoms with Gasteiger partial charge in [-0.1, -0.05) is 12.1 Å². The van der Waals surface area contributed by atoms with Gasteiger partial charge in [0.15, 0.2) is 0 Å². The largest absolute Gasteiger partial charge is 0.320 e. The second kappa shape index (κ2) is 6.61. The van der Waals surface area contributed by atoms with Gasteiger partial charge in [0.2, 0.25) is 0 Å². The van der Waals surface area contributed by atoms with Gasteiger partial charge in [-0.3, -0.25) is 4.90 Å². The van der Waals surface area contributed by atoms with Crippen LogP contribution in [0, 0.1) is 5.82 Å². The number of hydrogen-bond donors (Lipinski definition) is 1. The molecule has 0 aliphatic carbocycles. The van der Waals surface area contributed by atoms with Crippen molar-refractivity contribution in [2.45, 2.75) is 19.4 Å². The molecule has 0 heterocycles. The molecule has 0 aliphatic heterocycles. The van der Waals surface area contributed by atoms with E-state index in [2.05, 4.69) is 24.2 Å². The van der Waals surface area contributed by atoms with E-state index in [1.807, 2.05) is 13.1 Å². The molecule has 1 aromatic carbocycles. The molecule has 1 aromatic rings. The van der Waals surface area contributed by atoms with Crippen LogP contribution in [0.2, 0.25) is 0 Å². The van der Waals surface area contributed by atoms with E-state index in [1.54, 1.807) is 12.1 Å². The van der Waals surface area contributed by atoms with Crippen molar-refractivity contribution in [3.63, 3.8) is 0 Å². The number of benzene rings is 1.